The first-order valence-corrected chi connectivity index (χ1v) is 11.6. The number of fused-ring (bicyclic) bond motifs is 1. The summed E-state index contributed by atoms with van der Waals surface area (Å²) in [6.45, 7) is 0.264. The third kappa shape index (κ3) is 4.66. The highest BCUT2D eigenvalue weighted by atomic mass is 35.5. The summed E-state index contributed by atoms with van der Waals surface area (Å²) in [6, 6.07) is 17.0. The molecule has 0 saturated carbocycles. The number of piperidine rings is 1. The van der Waals surface area contributed by atoms with Crippen LogP contribution in [-0.2, 0) is 6.54 Å². The van der Waals surface area contributed by atoms with Gasteiger partial charge in [-0.3, -0.25) is 4.79 Å². The molecular formula is C27H22ClF3N2O2. The molecule has 1 saturated heterocycles. The Hall–Kier alpha value is -3.29. The van der Waals surface area contributed by atoms with Crippen LogP contribution in [0, 0.1) is 5.82 Å². The molecule has 4 aromatic rings. The molecule has 5 rings (SSSR count). The van der Waals surface area contributed by atoms with Crippen LogP contribution in [0.15, 0.2) is 65.1 Å². The molecule has 0 bridgehead atoms. The van der Waals surface area contributed by atoms with Gasteiger partial charge < -0.3 is 15.1 Å². The van der Waals surface area contributed by atoms with Crippen LogP contribution in [0.5, 0.6) is 0 Å². The van der Waals surface area contributed by atoms with Crippen LogP contribution in [0.4, 0.5) is 13.2 Å². The van der Waals surface area contributed by atoms with Gasteiger partial charge in [-0.2, -0.15) is 0 Å². The molecule has 1 aliphatic rings. The summed E-state index contributed by atoms with van der Waals surface area (Å²) in [7, 11) is 0. The van der Waals surface area contributed by atoms with E-state index in [1.165, 1.54) is 11.0 Å². The molecule has 0 spiro atoms. The number of benzene rings is 3. The van der Waals surface area contributed by atoms with E-state index in [1.807, 2.05) is 18.2 Å². The molecular weight excluding hydrogens is 477 g/mol. The minimum atomic E-state index is -2.71. The Kier molecular flexibility index (Phi) is 6.07. The van der Waals surface area contributed by atoms with Gasteiger partial charge in [0.15, 0.2) is 0 Å². The van der Waals surface area contributed by atoms with Gasteiger partial charge in [0.05, 0.1) is 6.54 Å². The van der Waals surface area contributed by atoms with Gasteiger partial charge in [-0.1, -0.05) is 23.7 Å². The lowest BCUT2D eigenvalue weighted by Gasteiger charge is -2.31. The van der Waals surface area contributed by atoms with Crippen molar-refractivity contribution in [2.45, 2.75) is 25.3 Å². The van der Waals surface area contributed by atoms with Gasteiger partial charge >= 0.3 is 0 Å². The van der Waals surface area contributed by atoms with Crippen molar-refractivity contribution in [2.75, 3.05) is 13.1 Å². The van der Waals surface area contributed by atoms with Crippen molar-refractivity contribution >= 4 is 28.5 Å². The predicted molar refractivity (Wildman–Crippen MR) is 130 cm³/mol. The molecule has 180 valence electrons. The van der Waals surface area contributed by atoms with E-state index in [4.69, 9.17) is 21.8 Å². The number of carbonyl (C=O) groups excluding carboxylic acids is 1. The summed E-state index contributed by atoms with van der Waals surface area (Å²) >= 11 is 5.94. The van der Waals surface area contributed by atoms with Crippen molar-refractivity contribution in [3.05, 3.63) is 82.8 Å². The number of nitrogens with zero attached hydrogens (tertiary/aromatic N) is 1. The maximum absolute atomic E-state index is 14.8. The van der Waals surface area contributed by atoms with Gasteiger partial charge in [0.25, 0.3) is 11.8 Å². The average molecular weight is 499 g/mol. The molecule has 0 aliphatic carbocycles. The van der Waals surface area contributed by atoms with E-state index in [9.17, 15) is 18.0 Å². The van der Waals surface area contributed by atoms with E-state index >= 15 is 0 Å². The zero-order valence-corrected chi connectivity index (χ0v) is 19.4. The Morgan fingerprint density at radius 2 is 1.69 bits per heavy atom. The first-order chi connectivity index (χ1) is 16.7. The van der Waals surface area contributed by atoms with Crippen molar-refractivity contribution < 1.29 is 22.4 Å². The van der Waals surface area contributed by atoms with Gasteiger partial charge in [-0.05, 0) is 59.7 Å². The minimum Gasteiger partial charge on any atom is -0.459 e. The Morgan fingerprint density at radius 1 is 0.971 bits per heavy atom. The first-order valence-electron chi connectivity index (χ1n) is 11.2. The number of carbonyl (C=O) groups is 1. The monoisotopic (exact) mass is 498 g/mol. The second kappa shape index (κ2) is 9.06. The zero-order chi connectivity index (χ0) is 24.7. The fourth-order valence-electron chi connectivity index (χ4n) is 4.41. The van der Waals surface area contributed by atoms with Crippen LogP contribution in [0.3, 0.4) is 0 Å². The topological polar surface area (TPSA) is 59.5 Å². The van der Waals surface area contributed by atoms with E-state index in [2.05, 4.69) is 0 Å². The molecule has 1 aromatic heterocycles. The second-order valence-corrected chi connectivity index (χ2v) is 9.15. The van der Waals surface area contributed by atoms with E-state index < -0.39 is 11.7 Å². The molecule has 0 atom stereocenters. The number of rotatable bonds is 4. The highest BCUT2D eigenvalue weighted by Crippen LogP contribution is 2.38. The van der Waals surface area contributed by atoms with Crippen molar-refractivity contribution in [3.63, 3.8) is 0 Å². The molecule has 1 amide bonds. The Morgan fingerprint density at radius 3 is 2.34 bits per heavy atom. The van der Waals surface area contributed by atoms with E-state index in [-0.39, 0.29) is 38.4 Å². The van der Waals surface area contributed by atoms with E-state index in [1.54, 1.807) is 36.4 Å². The molecule has 2 heterocycles. The van der Waals surface area contributed by atoms with Crippen LogP contribution in [0.1, 0.15) is 29.0 Å². The number of amides is 1. The SMILES string of the molecule is NCc1cc2cc(-c3ccc(C(=O)N4CCC(F)(F)CC4)cc3)cc(-c3ccc(Cl)cc3F)c2o1. The summed E-state index contributed by atoms with van der Waals surface area (Å²) in [5.74, 6) is -2.89. The largest absolute Gasteiger partial charge is 0.459 e. The van der Waals surface area contributed by atoms with Crippen LogP contribution >= 0.6 is 11.6 Å². The highest BCUT2D eigenvalue weighted by molar-refractivity contribution is 6.30. The lowest BCUT2D eigenvalue weighted by molar-refractivity contribution is -0.0494. The molecule has 1 aliphatic heterocycles. The number of halogens is 4. The maximum Gasteiger partial charge on any atom is 0.253 e. The minimum absolute atomic E-state index is 0.0320. The quantitative estimate of drug-likeness (QED) is 0.333. The van der Waals surface area contributed by atoms with Gasteiger partial charge in [-0.15, -0.1) is 0 Å². The lowest BCUT2D eigenvalue weighted by atomic mass is 9.95. The number of alkyl halides is 2. The van der Waals surface area contributed by atoms with Crippen molar-refractivity contribution in [2.24, 2.45) is 5.73 Å². The Balaban J connectivity index is 1.50. The second-order valence-electron chi connectivity index (χ2n) is 8.71. The molecule has 2 N–H and O–H groups in total. The molecule has 35 heavy (non-hydrogen) atoms. The maximum atomic E-state index is 14.8. The zero-order valence-electron chi connectivity index (χ0n) is 18.7. The molecule has 8 heteroatoms. The fraction of sp³-hybridized carbons (Fsp3) is 0.222. The fourth-order valence-corrected chi connectivity index (χ4v) is 4.57. The summed E-state index contributed by atoms with van der Waals surface area (Å²) in [6.07, 6.45) is -0.646. The number of hydrogen-bond donors (Lipinski definition) is 1. The van der Waals surface area contributed by atoms with E-state index in [0.29, 0.717) is 33.1 Å². The van der Waals surface area contributed by atoms with Crippen LogP contribution in [-0.4, -0.2) is 29.8 Å². The molecule has 4 nitrogen and oxygen atoms in total. The average Bonchev–Trinajstić information content (AvgIpc) is 3.27. The Labute approximate surface area is 205 Å². The van der Waals surface area contributed by atoms with Gasteiger partial charge in [0.2, 0.25) is 0 Å². The van der Waals surface area contributed by atoms with Crippen molar-refractivity contribution in [1.82, 2.24) is 4.90 Å². The summed E-state index contributed by atoms with van der Waals surface area (Å²) in [5, 5.41) is 1.06. The van der Waals surface area contributed by atoms with Crippen molar-refractivity contribution in [3.8, 4) is 22.3 Å². The number of nitrogens with two attached hydrogens (primary N) is 1. The van der Waals surface area contributed by atoms with Gasteiger partial charge in [0, 0.05) is 53.0 Å². The van der Waals surface area contributed by atoms with Crippen LogP contribution in [0.25, 0.3) is 33.2 Å². The molecule has 0 unspecified atom stereocenters. The smallest absolute Gasteiger partial charge is 0.253 e. The third-order valence-corrected chi connectivity index (χ3v) is 6.57. The van der Waals surface area contributed by atoms with Gasteiger partial charge in [-0.25, -0.2) is 13.2 Å². The molecule has 3 aromatic carbocycles. The van der Waals surface area contributed by atoms with E-state index in [0.717, 1.165) is 16.5 Å². The number of hydrogen-bond acceptors (Lipinski definition) is 3. The first kappa shape index (κ1) is 23.5. The van der Waals surface area contributed by atoms with Crippen LogP contribution < -0.4 is 5.73 Å². The number of furan rings is 1. The molecule has 0 radical (unpaired) electrons. The van der Waals surface area contributed by atoms with Crippen LogP contribution in [0.2, 0.25) is 5.02 Å². The summed E-state index contributed by atoms with van der Waals surface area (Å²) in [5.41, 5.74) is 9.20. The predicted octanol–water partition coefficient (Wildman–Crippen LogP) is 6.89. The van der Waals surface area contributed by atoms with Crippen molar-refractivity contribution in [1.29, 1.82) is 0 Å². The van der Waals surface area contributed by atoms with Gasteiger partial charge in [0.1, 0.15) is 17.2 Å². The summed E-state index contributed by atoms with van der Waals surface area (Å²) < 4.78 is 47.6. The third-order valence-electron chi connectivity index (χ3n) is 6.34. The summed E-state index contributed by atoms with van der Waals surface area (Å²) in [4.78, 5) is 14.2. The normalized spacial score (nSPS) is 15.5. The molecule has 1 fully saturated rings. The highest BCUT2D eigenvalue weighted by Gasteiger charge is 2.35. The standard InChI is InChI=1S/C27H22ClF3N2O2/c28-20-5-6-22(24(29)14-20)23-13-18(11-19-12-21(15-32)35-25(19)23)16-1-3-17(4-2-16)26(34)33-9-7-27(30,31)8-10-33/h1-6,11-14H,7-10,15,32H2. The Bertz CT molecular complexity index is 1410. The lowest BCUT2D eigenvalue weighted by Crippen LogP contribution is -2.42. The number of likely N-dealkylation sites (tertiary alicyclic amines) is 1.